The van der Waals surface area contributed by atoms with Gasteiger partial charge in [0.2, 0.25) is 0 Å². The van der Waals surface area contributed by atoms with Crippen molar-refractivity contribution in [2.24, 2.45) is 0 Å². The van der Waals surface area contributed by atoms with Crippen molar-refractivity contribution in [3.8, 4) is 10.4 Å². The van der Waals surface area contributed by atoms with Crippen molar-refractivity contribution in [3.63, 3.8) is 0 Å². The second-order valence-corrected chi connectivity index (χ2v) is 8.28. The molecular weight excluding hydrogens is 384 g/mol. The van der Waals surface area contributed by atoms with Crippen LogP contribution in [-0.4, -0.2) is 10.1 Å². The van der Waals surface area contributed by atoms with E-state index in [1.165, 1.54) is 53.1 Å². The van der Waals surface area contributed by atoms with Crippen LogP contribution in [0.5, 0.6) is 0 Å². The third kappa shape index (κ3) is 5.21. The van der Waals surface area contributed by atoms with Gasteiger partial charge >= 0.3 is 0 Å². The molecule has 152 valence electrons. The van der Waals surface area contributed by atoms with Gasteiger partial charge in [-0.3, -0.25) is 10.1 Å². The molecule has 29 heavy (non-hydrogen) atoms. The molecule has 5 nitrogen and oxygen atoms in total. The maximum absolute atomic E-state index is 10.8. The Balaban J connectivity index is 1.87. The molecule has 0 aliphatic heterocycles. The number of benzene rings is 1. The summed E-state index contributed by atoms with van der Waals surface area (Å²) in [4.78, 5) is 12.8. The van der Waals surface area contributed by atoms with Gasteiger partial charge in [0.15, 0.2) is 0 Å². The first kappa shape index (κ1) is 21.0. The van der Waals surface area contributed by atoms with Crippen LogP contribution in [0.1, 0.15) is 60.1 Å². The second-order valence-electron chi connectivity index (χ2n) is 7.19. The molecule has 1 aromatic carbocycles. The van der Waals surface area contributed by atoms with Crippen molar-refractivity contribution in [1.29, 1.82) is 0 Å². The number of rotatable bonds is 9. The molecule has 0 N–H and O–H groups in total. The van der Waals surface area contributed by atoms with E-state index in [1.807, 2.05) is 19.9 Å². The van der Waals surface area contributed by atoms with E-state index in [-0.39, 0.29) is 10.6 Å². The highest BCUT2D eigenvalue weighted by Crippen LogP contribution is 2.37. The molecule has 3 aromatic rings. The Kier molecular flexibility index (Phi) is 6.99. The zero-order valence-corrected chi connectivity index (χ0v) is 17.9. The zero-order chi connectivity index (χ0) is 20.8. The number of hydrogen-bond acceptors (Lipinski definition) is 5. The van der Waals surface area contributed by atoms with Crippen molar-refractivity contribution in [2.45, 2.75) is 52.9 Å². The molecule has 0 spiro atoms. The summed E-state index contributed by atoms with van der Waals surface area (Å²) in [5.41, 5.74) is 4.38. The van der Waals surface area contributed by atoms with Crippen molar-refractivity contribution in [3.05, 3.63) is 67.9 Å². The Morgan fingerprint density at radius 2 is 1.90 bits per heavy atom. The summed E-state index contributed by atoms with van der Waals surface area (Å²) in [5.74, 6) is 0.840. The lowest BCUT2D eigenvalue weighted by Gasteiger charge is -2.00. The molecule has 0 amide bonds. The van der Waals surface area contributed by atoms with Gasteiger partial charge in [-0.25, -0.2) is 0 Å². The predicted molar refractivity (Wildman–Crippen MR) is 119 cm³/mol. The monoisotopic (exact) mass is 410 g/mol. The van der Waals surface area contributed by atoms with Gasteiger partial charge in [0.1, 0.15) is 5.76 Å². The smallest absolute Gasteiger partial charge is 0.269 e. The van der Waals surface area contributed by atoms with Crippen LogP contribution >= 0.6 is 11.3 Å². The normalized spacial score (nSPS) is 11.4. The van der Waals surface area contributed by atoms with E-state index < -0.39 is 0 Å². The lowest BCUT2D eigenvalue weighted by atomic mass is 10.0. The van der Waals surface area contributed by atoms with E-state index in [0.29, 0.717) is 0 Å². The summed E-state index contributed by atoms with van der Waals surface area (Å²) in [6.45, 7) is 6.14. The summed E-state index contributed by atoms with van der Waals surface area (Å²) < 4.78 is 5.36. The van der Waals surface area contributed by atoms with Crippen LogP contribution < -0.4 is 0 Å². The molecule has 0 saturated carbocycles. The largest absolute Gasteiger partial charge is 0.361 e. The van der Waals surface area contributed by atoms with Crippen LogP contribution in [-0.2, 0) is 6.42 Å². The molecule has 0 radical (unpaired) electrons. The summed E-state index contributed by atoms with van der Waals surface area (Å²) >= 11 is 1.74. The number of thiophene rings is 1. The topological polar surface area (TPSA) is 69.2 Å². The predicted octanol–water partition coefficient (Wildman–Crippen LogP) is 7.22. The molecule has 0 aliphatic rings. The van der Waals surface area contributed by atoms with Crippen LogP contribution in [0.3, 0.4) is 0 Å². The third-order valence-corrected chi connectivity index (χ3v) is 6.11. The van der Waals surface area contributed by atoms with Crippen molar-refractivity contribution in [2.75, 3.05) is 0 Å². The van der Waals surface area contributed by atoms with Gasteiger partial charge in [-0.15, -0.1) is 11.3 Å². The standard InChI is InChI=1S/C23H26N2O3S/c1-4-5-6-7-8-19-15-22(23-16(2)24-28-17(23)3)29-21(19)14-11-18-9-12-20(13-10-18)25(26)27/h9-15H,4-8H2,1-3H3/b14-11+. The number of unbranched alkanes of at least 4 members (excludes halogenated alkanes) is 3. The molecule has 0 atom stereocenters. The fourth-order valence-corrected chi connectivity index (χ4v) is 4.62. The van der Waals surface area contributed by atoms with E-state index in [1.54, 1.807) is 23.5 Å². The zero-order valence-electron chi connectivity index (χ0n) is 17.1. The van der Waals surface area contributed by atoms with Crippen molar-refractivity contribution < 1.29 is 9.45 Å². The Morgan fingerprint density at radius 1 is 1.14 bits per heavy atom. The minimum absolute atomic E-state index is 0.107. The summed E-state index contributed by atoms with van der Waals surface area (Å²) in [5, 5.41) is 14.9. The Morgan fingerprint density at radius 3 is 2.52 bits per heavy atom. The lowest BCUT2D eigenvalue weighted by molar-refractivity contribution is -0.384. The lowest BCUT2D eigenvalue weighted by Crippen LogP contribution is -1.87. The highest BCUT2D eigenvalue weighted by molar-refractivity contribution is 7.16. The van der Waals surface area contributed by atoms with E-state index in [4.69, 9.17) is 4.52 Å². The minimum Gasteiger partial charge on any atom is -0.361 e. The maximum atomic E-state index is 10.8. The average Bonchev–Trinajstić information content (AvgIpc) is 3.26. The molecule has 0 unspecified atom stereocenters. The van der Waals surface area contributed by atoms with Crippen molar-refractivity contribution in [1.82, 2.24) is 5.16 Å². The highest BCUT2D eigenvalue weighted by Gasteiger charge is 2.16. The molecular formula is C23H26N2O3S. The van der Waals surface area contributed by atoms with Gasteiger partial charge in [-0.1, -0.05) is 37.4 Å². The minimum atomic E-state index is -0.378. The number of nitrogens with zero attached hydrogens (tertiary/aromatic N) is 2. The fourth-order valence-electron chi connectivity index (χ4n) is 3.36. The number of nitro groups is 1. The van der Waals surface area contributed by atoms with E-state index in [0.717, 1.165) is 29.0 Å². The Labute approximate surface area is 175 Å². The van der Waals surface area contributed by atoms with Crippen LogP contribution in [0.15, 0.2) is 34.9 Å². The fraction of sp³-hybridized carbons (Fsp3) is 0.348. The first-order valence-electron chi connectivity index (χ1n) is 9.98. The van der Waals surface area contributed by atoms with Gasteiger partial charge in [-0.2, -0.15) is 0 Å². The van der Waals surface area contributed by atoms with Gasteiger partial charge in [0, 0.05) is 21.9 Å². The van der Waals surface area contributed by atoms with Crippen LogP contribution in [0.4, 0.5) is 5.69 Å². The Hall–Kier alpha value is -2.73. The molecule has 0 saturated heterocycles. The number of nitro benzene ring substituents is 1. The summed E-state index contributed by atoms with van der Waals surface area (Å²) in [7, 11) is 0. The van der Waals surface area contributed by atoms with Gasteiger partial charge in [0.05, 0.1) is 16.2 Å². The van der Waals surface area contributed by atoms with Crippen LogP contribution in [0.25, 0.3) is 22.6 Å². The number of aromatic nitrogens is 1. The summed E-state index contributed by atoms with van der Waals surface area (Å²) in [6.07, 6.45) is 10.1. The second kappa shape index (κ2) is 9.65. The highest BCUT2D eigenvalue weighted by atomic mass is 32.1. The molecule has 6 heteroatoms. The molecule has 3 rings (SSSR count). The first-order valence-corrected chi connectivity index (χ1v) is 10.8. The van der Waals surface area contributed by atoms with Gasteiger partial charge in [-0.05, 0) is 62.1 Å². The molecule has 0 aliphatic carbocycles. The number of hydrogen-bond donors (Lipinski definition) is 0. The van der Waals surface area contributed by atoms with Crippen LogP contribution in [0, 0.1) is 24.0 Å². The molecule has 2 aromatic heterocycles. The van der Waals surface area contributed by atoms with Gasteiger partial charge in [0.25, 0.3) is 5.69 Å². The molecule has 2 heterocycles. The summed E-state index contributed by atoms with van der Waals surface area (Å²) in [6, 6.07) is 8.89. The molecule has 0 bridgehead atoms. The SMILES string of the molecule is CCCCCCc1cc(-c2c(C)noc2C)sc1/C=C/c1ccc([N+](=O)[O-])cc1. The van der Waals surface area contributed by atoms with Gasteiger partial charge < -0.3 is 4.52 Å². The first-order chi connectivity index (χ1) is 14.0. The van der Waals surface area contributed by atoms with E-state index >= 15 is 0 Å². The van der Waals surface area contributed by atoms with E-state index in [9.17, 15) is 10.1 Å². The Bertz CT molecular complexity index is 980. The number of non-ortho nitro benzene ring substituents is 1. The third-order valence-electron chi connectivity index (χ3n) is 4.95. The number of aryl methyl sites for hydroxylation is 3. The van der Waals surface area contributed by atoms with Crippen molar-refractivity contribution >= 4 is 29.2 Å². The quantitative estimate of drug-likeness (QED) is 0.212. The van der Waals surface area contributed by atoms with E-state index in [2.05, 4.69) is 24.2 Å². The maximum Gasteiger partial charge on any atom is 0.269 e. The van der Waals surface area contributed by atoms with Crippen LogP contribution in [0.2, 0.25) is 0 Å². The molecule has 0 fully saturated rings. The average molecular weight is 411 g/mol.